The topological polar surface area (TPSA) is 116 Å². The van der Waals surface area contributed by atoms with Gasteiger partial charge in [0.15, 0.2) is 6.10 Å². The summed E-state index contributed by atoms with van der Waals surface area (Å²) in [6.07, 6.45) is 0.926. The van der Waals surface area contributed by atoms with Gasteiger partial charge in [-0.25, -0.2) is 33.9 Å². The van der Waals surface area contributed by atoms with Gasteiger partial charge in [0.25, 0.3) is 0 Å². The van der Waals surface area contributed by atoms with Gasteiger partial charge in [-0.3, -0.25) is 0 Å². The molecule has 0 heterocycles. The lowest BCUT2D eigenvalue weighted by Gasteiger charge is -2.45. The Hall–Kier alpha value is -6.43. The summed E-state index contributed by atoms with van der Waals surface area (Å²) in [4.78, 5) is 56.9. The average molecular weight is 1250 g/mol. The standard InChI is InChI=1S/C23H30O6.C20H22O4.C19H24.C11H20.C8H16/c1-6-26-29-22(14-25-23(24)21-10-8-17(3)19(5)12-21)15-28-27-13-20-9-7-16(2)18(4)11-20;1-13-5-7-17(11-15(13)3)19(21)23-9-10-24-20(22)18-8-6-14(2)16(4)12-18;1-13-7-9-17(11-15(13)3)19(5,6)18-10-8-14(2)16(4)12-18;1-6-7(2)11-5-10(6)8(3)9(11)4;1-5-6(2)8(4)7(5)3/h7-12,22H,6,13-15H2,1-5H3;5-8,11-12H,9-10H2,1-4H3;7-12H,1-6H3;6-11H,5H2,1-4H3;5-8H,1-4H3. The minimum absolute atomic E-state index is 0.0151. The second-order valence-corrected chi connectivity index (χ2v) is 27.5. The Kier molecular flexibility index (Phi) is 29.0. The Morgan fingerprint density at radius 2 is 0.714 bits per heavy atom. The van der Waals surface area contributed by atoms with Gasteiger partial charge in [0.2, 0.25) is 0 Å². The number of esters is 3. The van der Waals surface area contributed by atoms with Crippen LogP contribution in [0.5, 0.6) is 0 Å². The molecular formula is C81H112O10. The molecule has 2 bridgehead atoms. The predicted molar refractivity (Wildman–Crippen MR) is 371 cm³/mol. The lowest BCUT2D eigenvalue weighted by molar-refractivity contribution is -0.371. The van der Waals surface area contributed by atoms with Gasteiger partial charge in [0.05, 0.1) is 23.3 Å². The first kappa shape index (κ1) is 75.3. The van der Waals surface area contributed by atoms with Crippen molar-refractivity contribution in [2.45, 2.75) is 184 Å². The van der Waals surface area contributed by atoms with E-state index in [2.05, 4.69) is 153 Å². The number of hydrogen-bond donors (Lipinski definition) is 0. The molecule has 3 saturated carbocycles. The summed E-state index contributed by atoms with van der Waals surface area (Å²) in [5.41, 5.74) is 19.7. The number of carbonyl (C=O) groups is 3. The molecule has 0 N–H and O–H groups in total. The molecule has 6 aromatic carbocycles. The fourth-order valence-corrected chi connectivity index (χ4v) is 12.6. The molecule has 0 aromatic heterocycles. The number of rotatable bonds is 18. The maximum Gasteiger partial charge on any atom is 0.338 e. The van der Waals surface area contributed by atoms with Crippen molar-refractivity contribution >= 4 is 17.9 Å². The number of benzene rings is 6. The van der Waals surface area contributed by atoms with E-state index in [1.54, 1.807) is 43.3 Å². The van der Waals surface area contributed by atoms with E-state index in [0.717, 1.165) is 98.1 Å². The molecule has 0 spiro atoms. The van der Waals surface area contributed by atoms with Gasteiger partial charge in [-0.2, -0.15) is 0 Å². The van der Waals surface area contributed by atoms with E-state index in [1.807, 2.05) is 71.9 Å². The van der Waals surface area contributed by atoms with Gasteiger partial charge in [0.1, 0.15) is 33.0 Å². The van der Waals surface area contributed by atoms with Crippen LogP contribution in [-0.4, -0.2) is 57.0 Å². The SMILES string of the molecule is CC1C(C)C(C)C1C.CC1C(C)C2CC1C(C)C2C.CCOOC(COOCc1ccc(C)c(C)c1)COC(=O)c1ccc(C)c(C)c1.Cc1ccc(C(=O)OCCOC(=O)c2ccc(C)c(C)c2)cc1C.Cc1ccc(C(C)(C)c2ccc(C)c(C)c2)cc1C. The third-order valence-corrected chi connectivity index (χ3v) is 21.3. The Labute approximate surface area is 548 Å². The molecule has 5 atom stereocenters. The minimum atomic E-state index is -0.606. The van der Waals surface area contributed by atoms with Crippen molar-refractivity contribution in [1.82, 2.24) is 0 Å². The zero-order chi connectivity index (χ0) is 67.6. The summed E-state index contributed by atoms with van der Waals surface area (Å²) in [6.45, 7) is 51.1. The van der Waals surface area contributed by atoms with Crippen molar-refractivity contribution < 1.29 is 48.1 Å². The van der Waals surface area contributed by atoms with E-state index >= 15 is 0 Å². The zero-order valence-electron chi connectivity index (χ0n) is 59.8. The Bertz CT molecular complexity index is 3150. The van der Waals surface area contributed by atoms with E-state index in [-0.39, 0.29) is 31.8 Å². The van der Waals surface area contributed by atoms with Gasteiger partial charge in [-0.05, 0) is 275 Å². The van der Waals surface area contributed by atoms with Crippen LogP contribution in [0.15, 0.2) is 109 Å². The van der Waals surface area contributed by atoms with Crippen molar-refractivity contribution in [3.8, 4) is 0 Å². The molecule has 9 rings (SSSR count). The van der Waals surface area contributed by atoms with Crippen LogP contribution in [0.3, 0.4) is 0 Å². The van der Waals surface area contributed by atoms with Crippen LogP contribution < -0.4 is 0 Å². The van der Waals surface area contributed by atoms with Crippen molar-refractivity contribution in [2.75, 3.05) is 33.0 Å². The molecule has 3 aliphatic rings. The summed E-state index contributed by atoms with van der Waals surface area (Å²) >= 11 is 0. The molecule has 6 aromatic rings. The van der Waals surface area contributed by atoms with Crippen molar-refractivity contribution in [3.63, 3.8) is 0 Å². The van der Waals surface area contributed by atoms with Crippen LogP contribution in [0.25, 0.3) is 0 Å². The Balaban J connectivity index is 0.000000219. The smallest absolute Gasteiger partial charge is 0.338 e. The molecule has 10 heteroatoms. The van der Waals surface area contributed by atoms with Crippen molar-refractivity contribution in [2.24, 2.45) is 59.2 Å². The molecule has 10 nitrogen and oxygen atoms in total. The quantitative estimate of drug-likeness (QED) is 0.0271. The van der Waals surface area contributed by atoms with E-state index in [4.69, 9.17) is 33.8 Å². The van der Waals surface area contributed by atoms with Gasteiger partial charge in [-0.15, -0.1) is 0 Å². The minimum Gasteiger partial charge on any atom is -0.459 e. The third-order valence-electron chi connectivity index (χ3n) is 21.3. The summed E-state index contributed by atoms with van der Waals surface area (Å²) in [6, 6.07) is 36.0. The van der Waals surface area contributed by atoms with E-state index in [1.165, 1.54) is 50.9 Å². The molecule has 496 valence electrons. The number of ether oxygens (including phenoxy) is 3. The van der Waals surface area contributed by atoms with Crippen molar-refractivity contribution in [1.29, 1.82) is 0 Å². The first-order valence-electron chi connectivity index (χ1n) is 33.3. The number of aryl methyl sites for hydroxylation is 12. The average Bonchev–Trinajstić information content (AvgIpc) is 1.71. The number of hydrogen-bond acceptors (Lipinski definition) is 10. The normalized spacial score (nSPS) is 21.4. The first-order valence-corrected chi connectivity index (χ1v) is 33.3. The molecule has 0 aliphatic heterocycles. The molecule has 0 radical (unpaired) electrons. The highest BCUT2D eigenvalue weighted by atomic mass is 17.2. The monoisotopic (exact) mass is 1240 g/mol. The van der Waals surface area contributed by atoms with Crippen LogP contribution in [0, 0.1) is 142 Å². The van der Waals surface area contributed by atoms with Gasteiger partial charge >= 0.3 is 17.9 Å². The lowest BCUT2D eigenvalue weighted by atomic mass is 9.60. The van der Waals surface area contributed by atoms with Crippen LogP contribution in [-0.2, 0) is 45.8 Å². The maximum absolute atomic E-state index is 12.3. The Morgan fingerprint density at radius 1 is 0.385 bits per heavy atom. The largest absolute Gasteiger partial charge is 0.459 e. The summed E-state index contributed by atoms with van der Waals surface area (Å²) in [5.74, 6) is 8.80. The van der Waals surface area contributed by atoms with Gasteiger partial charge < -0.3 is 14.2 Å². The fraction of sp³-hybridized carbons (Fsp3) is 0.519. The second-order valence-electron chi connectivity index (χ2n) is 27.5. The molecule has 3 fully saturated rings. The molecule has 0 amide bonds. The van der Waals surface area contributed by atoms with Gasteiger partial charge in [0, 0.05) is 5.41 Å². The van der Waals surface area contributed by atoms with Crippen molar-refractivity contribution in [3.05, 3.63) is 209 Å². The number of fused-ring (bicyclic) bond motifs is 2. The summed E-state index contributed by atoms with van der Waals surface area (Å²) < 4.78 is 15.6. The first-order chi connectivity index (χ1) is 42.9. The highest BCUT2D eigenvalue weighted by Crippen LogP contribution is 2.57. The molecule has 5 unspecified atom stereocenters. The van der Waals surface area contributed by atoms with Crippen LogP contribution in [0.2, 0.25) is 0 Å². The second kappa shape index (κ2) is 35.0. The van der Waals surface area contributed by atoms with E-state index in [0.29, 0.717) is 29.9 Å². The van der Waals surface area contributed by atoms with E-state index < -0.39 is 24.0 Å². The molecule has 91 heavy (non-hydrogen) atoms. The number of carbonyl (C=O) groups excluding carboxylic acids is 3. The summed E-state index contributed by atoms with van der Waals surface area (Å²) in [5, 5.41) is 0. The highest BCUT2D eigenvalue weighted by molar-refractivity contribution is 5.91. The van der Waals surface area contributed by atoms with Crippen LogP contribution in [0.4, 0.5) is 0 Å². The fourth-order valence-electron chi connectivity index (χ4n) is 12.6. The predicted octanol–water partition coefficient (Wildman–Crippen LogP) is 19.5. The molecule has 0 saturated heterocycles. The molecular weight excluding hydrogens is 1130 g/mol. The van der Waals surface area contributed by atoms with Gasteiger partial charge in [-0.1, -0.05) is 142 Å². The Morgan fingerprint density at radius 3 is 1.04 bits per heavy atom. The van der Waals surface area contributed by atoms with E-state index in [9.17, 15) is 14.4 Å². The zero-order valence-corrected chi connectivity index (χ0v) is 59.8. The third kappa shape index (κ3) is 21.0. The maximum atomic E-state index is 12.3. The molecule has 3 aliphatic carbocycles. The van der Waals surface area contributed by atoms with Crippen LogP contribution in [0.1, 0.15) is 197 Å². The lowest BCUT2D eigenvalue weighted by Crippen LogP contribution is -2.39. The summed E-state index contributed by atoms with van der Waals surface area (Å²) in [7, 11) is 0. The van der Waals surface area contributed by atoms with Crippen LogP contribution >= 0.6 is 0 Å². The highest BCUT2D eigenvalue weighted by Gasteiger charge is 2.51.